The molecule has 0 atom stereocenters. The Morgan fingerprint density at radius 3 is 2.87 bits per heavy atom. The minimum absolute atomic E-state index is 0.660. The number of nitrogens with two attached hydrogens (primary N) is 1. The van der Waals surface area contributed by atoms with E-state index in [2.05, 4.69) is 25.1 Å². The number of hydrogen-bond acceptors (Lipinski definition) is 2. The van der Waals surface area contributed by atoms with E-state index >= 15 is 0 Å². The summed E-state index contributed by atoms with van der Waals surface area (Å²) in [5.41, 5.74) is 6.92. The second-order valence-corrected chi connectivity index (χ2v) is 5.08. The van der Waals surface area contributed by atoms with Gasteiger partial charge in [-0.25, -0.2) is 0 Å². The third-order valence-electron chi connectivity index (χ3n) is 2.54. The van der Waals surface area contributed by atoms with Crippen LogP contribution in [-0.2, 0) is 12.8 Å². The van der Waals surface area contributed by atoms with E-state index in [1.807, 2.05) is 0 Å². The second-order valence-electron chi connectivity index (χ2n) is 3.56. The first-order valence-corrected chi connectivity index (χ1v) is 6.35. The summed E-state index contributed by atoms with van der Waals surface area (Å²) in [6.45, 7) is 2.82. The summed E-state index contributed by atoms with van der Waals surface area (Å²) < 4.78 is 1.28. The van der Waals surface area contributed by atoms with Crippen molar-refractivity contribution >= 4 is 33.0 Å². The molecule has 0 aliphatic carbocycles. The molecule has 2 rings (SSSR count). The van der Waals surface area contributed by atoms with Crippen LogP contribution in [0.25, 0.3) is 10.1 Å². The molecule has 0 fully saturated rings. The molecule has 0 unspecified atom stereocenters. The van der Waals surface area contributed by atoms with Crippen LogP contribution in [0, 0.1) is 0 Å². The topological polar surface area (TPSA) is 26.0 Å². The van der Waals surface area contributed by atoms with Gasteiger partial charge in [-0.3, -0.25) is 0 Å². The lowest BCUT2D eigenvalue weighted by atomic mass is 10.1. The van der Waals surface area contributed by atoms with Crippen LogP contribution in [0.4, 0.5) is 0 Å². The minimum atomic E-state index is 0.660. The fourth-order valence-electron chi connectivity index (χ4n) is 1.67. The van der Waals surface area contributed by atoms with Crippen LogP contribution in [0.5, 0.6) is 0 Å². The van der Waals surface area contributed by atoms with Crippen molar-refractivity contribution in [2.45, 2.75) is 19.8 Å². The largest absolute Gasteiger partial charge is 0.330 e. The van der Waals surface area contributed by atoms with Crippen molar-refractivity contribution in [1.29, 1.82) is 0 Å². The van der Waals surface area contributed by atoms with Crippen molar-refractivity contribution in [2.24, 2.45) is 5.73 Å². The first kappa shape index (κ1) is 10.9. The number of hydrogen-bond donors (Lipinski definition) is 1. The van der Waals surface area contributed by atoms with Crippen molar-refractivity contribution in [1.82, 2.24) is 0 Å². The van der Waals surface area contributed by atoms with E-state index in [4.69, 9.17) is 17.3 Å². The third-order valence-corrected chi connectivity index (χ3v) is 4.30. The van der Waals surface area contributed by atoms with Crippen LogP contribution in [0.15, 0.2) is 18.2 Å². The van der Waals surface area contributed by atoms with Crippen molar-refractivity contribution in [2.75, 3.05) is 6.54 Å². The van der Waals surface area contributed by atoms with Crippen LogP contribution < -0.4 is 5.73 Å². The van der Waals surface area contributed by atoms with Crippen molar-refractivity contribution in [3.8, 4) is 0 Å². The van der Waals surface area contributed by atoms with Gasteiger partial charge < -0.3 is 5.73 Å². The van der Waals surface area contributed by atoms with Gasteiger partial charge in [0.15, 0.2) is 0 Å². The predicted octanol–water partition coefficient (Wildman–Crippen LogP) is 3.62. The highest BCUT2D eigenvalue weighted by molar-refractivity contribution is 7.19. The summed E-state index contributed by atoms with van der Waals surface area (Å²) in [6, 6.07) is 6.49. The zero-order chi connectivity index (χ0) is 10.8. The molecule has 1 aromatic carbocycles. The Kier molecular flexibility index (Phi) is 3.29. The Bertz CT molecular complexity index is 476. The summed E-state index contributed by atoms with van der Waals surface area (Å²) in [5, 5.41) is 2.06. The number of benzene rings is 1. The zero-order valence-corrected chi connectivity index (χ0v) is 10.3. The van der Waals surface area contributed by atoms with Gasteiger partial charge in [0.05, 0.1) is 5.02 Å². The quantitative estimate of drug-likeness (QED) is 0.870. The molecule has 15 heavy (non-hydrogen) atoms. The zero-order valence-electron chi connectivity index (χ0n) is 8.72. The van der Waals surface area contributed by atoms with Gasteiger partial charge in [0.1, 0.15) is 0 Å². The van der Waals surface area contributed by atoms with Gasteiger partial charge in [0.2, 0.25) is 0 Å². The number of rotatable bonds is 3. The van der Waals surface area contributed by atoms with Gasteiger partial charge in [0, 0.05) is 15.0 Å². The molecule has 1 aromatic heterocycles. The lowest BCUT2D eigenvalue weighted by Crippen LogP contribution is -2.01. The van der Waals surface area contributed by atoms with Crippen molar-refractivity contribution in [3.63, 3.8) is 0 Å². The molecule has 0 saturated carbocycles. The number of aryl methyl sites for hydroxylation is 1. The second kappa shape index (κ2) is 4.52. The molecule has 0 aliphatic heterocycles. The highest BCUT2D eigenvalue weighted by atomic mass is 35.5. The van der Waals surface area contributed by atoms with Crippen LogP contribution in [0.2, 0.25) is 5.02 Å². The van der Waals surface area contributed by atoms with Crippen LogP contribution in [0.3, 0.4) is 0 Å². The Hall–Kier alpha value is -0.570. The first-order chi connectivity index (χ1) is 7.26. The van der Waals surface area contributed by atoms with E-state index in [0.29, 0.717) is 6.54 Å². The van der Waals surface area contributed by atoms with Crippen LogP contribution >= 0.6 is 22.9 Å². The smallest absolute Gasteiger partial charge is 0.0624 e. The molecule has 0 aliphatic rings. The van der Waals surface area contributed by atoms with Crippen LogP contribution in [-0.4, -0.2) is 6.54 Å². The standard InChI is InChI=1S/C12H14ClNS/c1-2-8-3-4-9-11(7-8)15-10(5-6-14)12(9)13/h3-4,7H,2,5-6,14H2,1H3. The van der Waals surface area contributed by atoms with Crippen LogP contribution in [0.1, 0.15) is 17.4 Å². The molecule has 0 radical (unpaired) electrons. The summed E-state index contributed by atoms with van der Waals surface area (Å²) in [4.78, 5) is 1.21. The van der Waals surface area contributed by atoms with Gasteiger partial charge in [-0.05, 0) is 31.0 Å². The molecule has 2 N–H and O–H groups in total. The molecule has 2 aromatic rings. The number of halogens is 1. The average Bonchev–Trinajstić information content (AvgIpc) is 2.56. The Morgan fingerprint density at radius 1 is 1.40 bits per heavy atom. The SMILES string of the molecule is CCc1ccc2c(Cl)c(CCN)sc2c1. The molecule has 0 spiro atoms. The Morgan fingerprint density at radius 2 is 2.20 bits per heavy atom. The van der Waals surface area contributed by atoms with Gasteiger partial charge in [-0.2, -0.15) is 0 Å². The maximum absolute atomic E-state index is 6.29. The fourth-order valence-corrected chi connectivity index (χ4v) is 3.28. The molecular weight excluding hydrogens is 226 g/mol. The van der Waals surface area contributed by atoms with Gasteiger partial charge in [-0.15, -0.1) is 11.3 Å². The monoisotopic (exact) mass is 239 g/mol. The Labute approximate surface area is 98.9 Å². The molecule has 1 heterocycles. The summed E-state index contributed by atoms with van der Waals surface area (Å²) in [6.07, 6.45) is 1.94. The van der Waals surface area contributed by atoms with Crippen molar-refractivity contribution < 1.29 is 0 Å². The third kappa shape index (κ3) is 2.03. The minimum Gasteiger partial charge on any atom is -0.330 e. The predicted molar refractivity (Wildman–Crippen MR) is 69.0 cm³/mol. The normalized spacial score (nSPS) is 11.1. The maximum atomic E-state index is 6.29. The maximum Gasteiger partial charge on any atom is 0.0624 e. The van der Waals surface area contributed by atoms with Gasteiger partial charge >= 0.3 is 0 Å². The van der Waals surface area contributed by atoms with E-state index in [1.165, 1.54) is 20.5 Å². The molecule has 0 amide bonds. The van der Waals surface area contributed by atoms with Gasteiger partial charge in [0.25, 0.3) is 0 Å². The summed E-state index contributed by atoms with van der Waals surface area (Å²) in [7, 11) is 0. The lowest BCUT2D eigenvalue weighted by molar-refractivity contribution is 0.989. The van der Waals surface area contributed by atoms with E-state index in [-0.39, 0.29) is 0 Å². The fraction of sp³-hybridized carbons (Fsp3) is 0.333. The highest BCUT2D eigenvalue weighted by Gasteiger charge is 2.09. The molecule has 0 saturated heterocycles. The average molecular weight is 240 g/mol. The molecule has 1 nitrogen and oxygen atoms in total. The first-order valence-electron chi connectivity index (χ1n) is 5.16. The van der Waals surface area contributed by atoms with Crippen molar-refractivity contribution in [3.05, 3.63) is 33.7 Å². The summed E-state index contributed by atoms with van der Waals surface area (Å²) in [5.74, 6) is 0. The number of thiophene rings is 1. The molecule has 80 valence electrons. The lowest BCUT2D eigenvalue weighted by Gasteiger charge is -1.95. The van der Waals surface area contributed by atoms with E-state index in [9.17, 15) is 0 Å². The molecule has 3 heteroatoms. The Balaban J connectivity index is 2.55. The molecule has 0 bridgehead atoms. The summed E-state index contributed by atoms with van der Waals surface area (Å²) >= 11 is 8.05. The number of fused-ring (bicyclic) bond motifs is 1. The highest BCUT2D eigenvalue weighted by Crippen LogP contribution is 2.36. The van der Waals surface area contributed by atoms with Gasteiger partial charge in [-0.1, -0.05) is 30.7 Å². The molecular formula is C12H14ClNS. The van der Waals surface area contributed by atoms with E-state index in [1.54, 1.807) is 11.3 Å². The van der Waals surface area contributed by atoms with E-state index < -0.39 is 0 Å². The van der Waals surface area contributed by atoms with E-state index in [0.717, 1.165) is 17.9 Å².